The van der Waals surface area contributed by atoms with Gasteiger partial charge < -0.3 is 14.8 Å². The molecule has 0 aliphatic carbocycles. The van der Waals surface area contributed by atoms with Crippen molar-refractivity contribution in [2.24, 2.45) is 5.10 Å². The third kappa shape index (κ3) is 4.40. The number of nitrogens with zero attached hydrogens (tertiary/aromatic N) is 2. The first kappa shape index (κ1) is 16.7. The summed E-state index contributed by atoms with van der Waals surface area (Å²) in [5.41, 5.74) is 2.07. The summed E-state index contributed by atoms with van der Waals surface area (Å²) in [6, 6.07) is 6.59. The molecule has 1 aromatic carbocycles. The van der Waals surface area contributed by atoms with Gasteiger partial charge in [-0.2, -0.15) is 5.10 Å². The first-order chi connectivity index (χ1) is 11.5. The van der Waals surface area contributed by atoms with Crippen LogP contribution in [-0.4, -0.2) is 34.6 Å². The number of nitrogens with one attached hydrogen (secondary N) is 2. The van der Waals surface area contributed by atoms with E-state index in [9.17, 15) is 24.8 Å². The first-order valence-electron chi connectivity index (χ1n) is 6.58. The summed E-state index contributed by atoms with van der Waals surface area (Å²) in [5.74, 6) is -1.56. The van der Waals surface area contributed by atoms with Crippen LogP contribution >= 0.6 is 0 Å². The van der Waals surface area contributed by atoms with Gasteiger partial charge in [-0.05, 0) is 29.8 Å². The predicted molar refractivity (Wildman–Crippen MR) is 81.5 cm³/mol. The second-order valence-corrected chi connectivity index (χ2v) is 4.46. The maximum Gasteiger partial charge on any atom is 0.310 e. The zero-order valence-electron chi connectivity index (χ0n) is 12.1. The second kappa shape index (κ2) is 7.54. The Bertz CT molecular complexity index is 785. The molecule has 10 heteroatoms. The van der Waals surface area contributed by atoms with E-state index in [1.54, 1.807) is 6.07 Å². The minimum atomic E-state index is -0.722. The van der Waals surface area contributed by atoms with Crippen LogP contribution in [0, 0.1) is 10.1 Å². The molecule has 0 aliphatic heterocycles. The zero-order chi connectivity index (χ0) is 17.5. The van der Waals surface area contributed by atoms with Gasteiger partial charge in [-0.15, -0.1) is 0 Å². The van der Waals surface area contributed by atoms with Crippen LogP contribution in [0.4, 0.5) is 5.69 Å². The van der Waals surface area contributed by atoms with Crippen LogP contribution in [0.5, 0.6) is 5.75 Å². The third-order valence-electron chi connectivity index (χ3n) is 2.75. The summed E-state index contributed by atoms with van der Waals surface area (Å²) in [6.45, 7) is -0.317. The van der Waals surface area contributed by atoms with Gasteiger partial charge in [0.1, 0.15) is 0 Å². The maximum atomic E-state index is 11.5. The molecule has 0 spiro atoms. The minimum Gasteiger partial charge on any atom is -0.502 e. The van der Waals surface area contributed by atoms with E-state index in [4.69, 9.17) is 4.42 Å². The number of hydrogen-bond donors (Lipinski definition) is 3. The summed E-state index contributed by atoms with van der Waals surface area (Å²) < 4.78 is 4.86. The highest BCUT2D eigenvalue weighted by atomic mass is 16.6. The average molecular weight is 332 g/mol. The number of hydrogen-bond acceptors (Lipinski definition) is 7. The molecule has 3 N–H and O–H groups in total. The van der Waals surface area contributed by atoms with E-state index in [-0.39, 0.29) is 12.3 Å². The summed E-state index contributed by atoms with van der Waals surface area (Å²) in [4.78, 5) is 32.9. The van der Waals surface area contributed by atoms with Crippen LogP contribution in [0.2, 0.25) is 0 Å². The standard InChI is InChI=1S/C14H12N4O6/c19-11-6-9(3-4-10(11)18(22)23)7-16-17-13(20)8-15-14(21)12-2-1-5-24-12/h1-7,19H,8H2,(H,15,21)(H,17,20)/b16-7-. The van der Waals surface area contributed by atoms with Crippen molar-refractivity contribution in [1.29, 1.82) is 0 Å². The molecule has 2 amide bonds. The minimum absolute atomic E-state index is 0.0765. The van der Waals surface area contributed by atoms with Crippen molar-refractivity contribution in [1.82, 2.24) is 10.7 Å². The number of amides is 2. The molecule has 0 unspecified atom stereocenters. The Morgan fingerprint density at radius 3 is 2.79 bits per heavy atom. The fourth-order valence-corrected chi connectivity index (χ4v) is 1.65. The zero-order valence-corrected chi connectivity index (χ0v) is 12.1. The van der Waals surface area contributed by atoms with Crippen LogP contribution in [0.15, 0.2) is 46.1 Å². The number of rotatable bonds is 6. The second-order valence-electron chi connectivity index (χ2n) is 4.46. The quantitative estimate of drug-likeness (QED) is 0.404. The fourth-order valence-electron chi connectivity index (χ4n) is 1.65. The number of nitro groups is 1. The topological polar surface area (TPSA) is 147 Å². The Hall–Kier alpha value is -3.69. The molecule has 2 aromatic rings. The lowest BCUT2D eigenvalue weighted by atomic mass is 10.2. The molecule has 1 heterocycles. The molecule has 0 saturated carbocycles. The number of hydrazone groups is 1. The number of benzene rings is 1. The van der Waals surface area contributed by atoms with Crippen LogP contribution in [-0.2, 0) is 4.79 Å². The van der Waals surface area contributed by atoms with Crippen molar-refractivity contribution in [3.8, 4) is 5.75 Å². The Kier molecular flexibility index (Phi) is 5.24. The summed E-state index contributed by atoms with van der Waals surface area (Å²) in [7, 11) is 0. The third-order valence-corrected chi connectivity index (χ3v) is 2.75. The van der Waals surface area contributed by atoms with Gasteiger partial charge in [0.2, 0.25) is 0 Å². The lowest BCUT2D eigenvalue weighted by Gasteiger charge is -2.02. The van der Waals surface area contributed by atoms with Gasteiger partial charge in [-0.25, -0.2) is 5.43 Å². The Morgan fingerprint density at radius 1 is 1.38 bits per heavy atom. The normalized spacial score (nSPS) is 10.5. The van der Waals surface area contributed by atoms with Crippen molar-refractivity contribution >= 4 is 23.7 Å². The van der Waals surface area contributed by atoms with Gasteiger partial charge in [0.15, 0.2) is 11.5 Å². The molecule has 0 fully saturated rings. The van der Waals surface area contributed by atoms with Crippen molar-refractivity contribution in [2.75, 3.05) is 6.54 Å². The van der Waals surface area contributed by atoms with Gasteiger partial charge in [0.25, 0.3) is 11.8 Å². The SMILES string of the molecule is O=C(CNC(=O)c1ccco1)N/N=C\c1ccc([N+](=O)[O-])c(O)c1. The van der Waals surface area contributed by atoms with Gasteiger partial charge in [0.05, 0.1) is 23.9 Å². The van der Waals surface area contributed by atoms with E-state index in [0.29, 0.717) is 5.56 Å². The monoisotopic (exact) mass is 332 g/mol. The number of carbonyl (C=O) groups is 2. The predicted octanol–water partition coefficient (Wildman–Crippen LogP) is 0.773. The number of aromatic hydroxyl groups is 1. The smallest absolute Gasteiger partial charge is 0.310 e. The molecule has 1 aromatic heterocycles. The summed E-state index contributed by atoms with van der Waals surface area (Å²) in [5, 5.41) is 26.0. The molecule has 0 atom stereocenters. The fraction of sp³-hybridized carbons (Fsp3) is 0.0714. The summed E-state index contributed by atoms with van der Waals surface area (Å²) in [6.07, 6.45) is 2.52. The van der Waals surface area contributed by atoms with Gasteiger partial charge in [-0.3, -0.25) is 19.7 Å². The van der Waals surface area contributed by atoms with E-state index >= 15 is 0 Å². The lowest BCUT2D eigenvalue weighted by Crippen LogP contribution is -2.34. The number of phenols is 1. The number of furan rings is 1. The van der Waals surface area contributed by atoms with Crippen LogP contribution in [0.3, 0.4) is 0 Å². The Morgan fingerprint density at radius 2 is 2.17 bits per heavy atom. The highest BCUT2D eigenvalue weighted by Crippen LogP contribution is 2.25. The molecule has 10 nitrogen and oxygen atoms in total. The molecule has 0 radical (unpaired) electrons. The van der Waals surface area contributed by atoms with Crippen LogP contribution in [0.25, 0.3) is 0 Å². The highest BCUT2D eigenvalue weighted by molar-refractivity contribution is 5.94. The van der Waals surface area contributed by atoms with Crippen LogP contribution in [0.1, 0.15) is 16.1 Å². The van der Waals surface area contributed by atoms with E-state index in [2.05, 4.69) is 15.8 Å². The average Bonchev–Trinajstić information content (AvgIpc) is 3.07. The van der Waals surface area contributed by atoms with E-state index in [0.717, 1.165) is 12.1 Å². The molecular formula is C14H12N4O6. The Labute approximate surface area is 134 Å². The van der Waals surface area contributed by atoms with Crippen molar-refractivity contribution < 1.29 is 24.0 Å². The largest absolute Gasteiger partial charge is 0.502 e. The van der Waals surface area contributed by atoms with Gasteiger partial charge in [0, 0.05) is 6.07 Å². The van der Waals surface area contributed by atoms with E-state index in [1.165, 1.54) is 24.6 Å². The molecule has 24 heavy (non-hydrogen) atoms. The van der Waals surface area contributed by atoms with Crippen molar-refractivity contribution in [3.05, 3.63) is 58.0 Å². The number of carbonyl (C=O) groups excluding carboxylic acids is 2. The maximum absolute atomic E-state index is 11.5. The highest BCUT2D eigenvalue weighted by Gasteiger charge is 2.12. The molecule has 0 aliphatic rings. The first-order valence-corrected chi connectivity index (χ1v) is 6.58. The van der Waals surface area contributed by atoms with Gasteiger partial charge in [-0.1, -0.05) is 0 Å². The van der Waals surface area contributed by atoms with E-state index in [1.807, 2.05) is 0 Å². The summed E-state index contributed by atoms with van der Waals surface area (Å²) >= 11 is 0. The van der Waals surface area contributed by atoms with Gasteiger partial charge >= 0.3 is 5.69 Å². The molecule has 0 saturated heterocycles. The molecule has 2 rings (SSSR count). The lowest BCUT2D eigenvalue weighted by molar-refractivity contribution is -0.385. The number of nitro benzene ring substituents is 1. The molecule has 0 bridgehead atoms. The molecular weight excluding hydrogens is 320 g/mol. The van der Waals surface area contributed by atoms with E-state index < -0.39 is 28.2 Å². The van der Waals surface area contributed by atoms with Crippen molar-refractivity contribution in [2.45, 2.75) is 0 Å². The van der Waals surface area contributed by atoms with Crippen LogP contribution < -0.4 is 10.7 Å². The molecule has 124 valence electrons. The number of phenolic OH excluding ortho intramolecular Hbond substituents is 1. The Balaban J connectivity index is 1.83. The van der Waals surface area contributed by atoms with Crippen molar-refractivity contribution in [3.63, 3.8) is 0 Å².